The van der Waals surface area contributed by atoms with E-state index in [0.29, 0.717) is 5.69 Å². The summed E-state index contributed by atoms with van der Waals surface area (Å²) >= 11 is 0. The van der Waals surface area contributed by atoms with Crippen LogP contribution in [0.1, 0.15) is 21.1 Å². The molecule has 0 atom stereocenters. The minimum absolute atomic E-state index is 0.0279. The minimum Gasteiger partial charge on any atom is -0.382 e. The molecule has 3 aromatic rings. The fraction of sp³-hybridized carbons (Fsp3) is 0.0667. The number of amides is 2. The first-order valence-electron chi connectivity index (χ1n) is 7.15. The summed E-state index contributed by atoms with van der Waals surface area (Å²) in [4.78, 5) is 28.4. The number of imidazole rings is 1. The third-order valence-electron chi connectivity index (χ3n) is 3.30. The molecular weight excluding hydrogens is 329 g/mol. The van der Waals surface area contributed by atoms with Crippen molar-refractivity contribution in [3.63, 3.8) is 0 Å². The number of anilines is 3. The second-order valence-electron chi connectivity index (χ2n) is 5.16. The van der Waals surface area contributed by atoms with Gasteiger partial charge in [0.15, 0.2) is 5.69 Å². The Balaban J connectivity index is 1.75. The minimum atomic E-state index is -0.567. The van der Waals surface area contributed by atoms with Crippen LogP contribution in [0.4, 0.5) is 21.6 Å². The molecule has 0 radical (unpaired) electrons. The number of benzene rings is 1. The summed E-state index contributed by atoms with van der Waals surface area (Å²) in [5.74, 6) is -1.24. The van der Waals surface area contributed by atoms with E-state index >= 15 is 0 Å². The molecular formula is C15H14FN7O2. The molecule has 1 aromatic carbocycles. The Morgan fingerprint density at radius 1 is 1.20 bits per heavy atom. The average molecular weight is 343 g/mol. The predicted molar refractivity (Wildman–Crippen MR) is 88.5 cm³/mol. The molecule has 9 nitrogen and oxygen atoms in total. The van der Waals surface area contributed by atoms with Gasteiger partial charge in [0.1, 0.15) is 11.6 Å². The van der Waals surface area contributed by atoms with Crippen molar-refractivity contribution < 1.29 is 14.0 Å². The van der Waals surface area contributed by atoms with Gasteiger partial charge in [-0.3, -0.25) is 14.7 Å². The summed E-state index contributed by atoms with van der Waals surface area (Å²) in [6.07, 6.45) is 2.86. The third-order valence-corrected chi connectivity index (χ3v) is 3.30. The van der Waals surface area contributed by atoms with Crippen molar-refractivity contribution in [1.29, 1.82) is 0 Å². The van der Waals surface area contributed by atoms with E-state index < -0.39 is 17.6 Å². The number of aryl methyl sites for hydroxylation is 1. The molecule has 2 heterocycles. The summed E-state index contributed by atoms with van der Waals surface area (Å²) in [5, 5.41) is 11.4. The Bertz CT molecular complexity index is 930. The number of hydrogen-bond acceptors (Lipinski definition) is 5. The van der Waals surface area contributed by atoms with E-state index in [1.54, 1.807) is 7.05 Å². The van der Waals surface area contributed by atoms with Gasteiger partial charge in [-0.05, 0) is 24.3 Å². The van der Waals surface area contributed by atoms with Crippen LogP contribution in [0.25, 0.3) is 0 Å². The number of carbonyl (C=O) groups is 2. The first-order chi connectivity index (χ1) is 11.9. The van der Waals surface area contributed by atoms with Crippen molar-refractivity contribution in [3.05, 3.63) is 54.0 Å². The number of halogens is 1. The van der Waals surface area contributed by atoms with E-state index in [1.165, 1.54) is 41.2 Å². The molecule has 3 rings (SSSR count). The van der Waals surface area contributed by atoms with Gasteiger partial charge in [0.2, 0.25) is 5.82 Å². The van der Waals surface area contributed by atoms with Crippen molar-refractivity contribution in [2.45, 2.75) is 0 Å². The monoisotopic (exact) mass is 343 g/mol. The van der Waals surface area contributed by atoms with Crippen LogP contribution in [-0.2, 0) is 7.05 Å². The van der Waals surface area contributed by atoms with Gasteiger partial charge in [0.25, 0.3) is 11.8 Å². The lowest BCUT2D eigenvalue weighted by Gasteiger charge is -2.06. The second-order valence-corrected chi connectivity index (χ2v) is 5.16. The molecule has 0 aliphatic rings. The van der Waals surface area contributed by atoms with Crippen LogP contribution in [-0.4, -0.2) is 31.6 Å². The number of H-pyrrole nitrogens is 1. The molecule has 2 aromatic heterocycles. The molecule has 128 valence electrons. The molecule has 0 fully saturated rings. The highest BCUT2D eigenvalue weighted by Crippen LogP contribution is 2.16. The van der Waals surface area contributed by atoms with Gasteiger partial charge in [-0.15, -0.1) is 0 Å². The molecule has 0 aliphatic heterocycles. The number of nitrogens with two attached hydrogens (primary N) is 1. The summed E-state index contributed by atoms with van der Waals surface area (Å²) < 4.78 is 14.4. The maximum absolute atomic E-state index is 12.9. The molecule has 2 amide bonds. The quantitative estimate of drug-likeness (QED) is 0.568. The van der Waals surface area contributed by atoms with Gasteiger partial charge in [-0.25, -0.2) is 9.37 Å². The van der Waals surface area contributed by atoms with Gasteiger partial charge in [0, 0.05) is 25.1 Å². The Hall–Kier alpha value is -3.69. The summed E-state index contributed by atoms with van der Waals surface area (Å²) in [7, 11) is 1.62. The number of nitrogens with zero attached hydrogens (tertiary/aromatic N) is 3. The molecule has 0 saturated heterocycles. The van der Waals surface area contributed by atoms with Crippen LogP contribution in [0.15, 0.2) is 36.7 Å². The van der Waals surface area contributed by atoms with Crippen LogP contribution in [0.2, 0.25) is 0 Å². The van der Waals surface area contributed by atoms with Crippen molar-refractivity contribution in [3.8, 4) is 0 Å². The number of carbonyl (C=O) groups excluding carboxylic acids is 2. The first kappa shape index (κ1) is 16.2. The number of hydrogen-bond donors (Lipinski definition) is 4. The second kappa shape index (κ2) is 6.43. The standard InChI is InChI=1S/C15H14FN7O2/c1-23-7-11(17)21-13(23)15(25)20-10-6-18-22-12(10)14(24)19-9-4-2-8(16)3-5-9/h2-7H,17H2,1H3,(H,18,22)(H,19,24)(H,20,25). The molecule has 5 N–H and O–H groups in total. The summed E-state index contributed by atoms with van der Waals surface area (Å²) in [5.41, 5.74) is 6.08. The zero-order chi connectivity index (χ0) is 18.0. The number of nitrogen functional groups attached to an aromatic ring is 1. The summed E-state index contributed by atoms with van der Waals surface area (Å²) in [6.45, 7) is 0. The highest BCUT2D eigenvalue weighted by molar-refractivity contribution is 6.10. The Morgan fingerprint density at radius 3 is 2.56 bits per heavy atom. The van der Waals surface area contributed by atoms with Crippen molar-refractivity contribution in [2.24, 2.45) is 7.05 Å². The lowest BCUT2D eigenvalue weighted by Crippen LogP contribution is -2.20. The number of aromatic nitrogens is 4. The lowest BCUT2D eigenvalue weighted by atomic mass is 10.3. The molecule has 0 unspecified atom stereocenters. The van der Waals surface area contributed by atoms with E-state index in [2.05, 4.69) is 25.8 Å². The smallest absolute Gasteiger partial charge is 0.291 e. The molecule has 0 saturated carbocycles. The van der Waals surface area contributed by atoms with Gasteiger partial charge in [0.05, 0.1) is 5.69 Å². The topological polar surface area (TPSA) is 131 Å². The van der Waals surface area contributed by atoms with E-state index in [9.17, 15) is 14.0 Å². The van der Waals surface area contributed by atoms with Crippen molar-refractivity contribution in [1.82, 2.24) is 19.7 Å². The van der Waals surface area contributed by atoms with E-state index in [-0.39, 0.29) is 23.0 Å². The predicted octanol–water partition coefficient (Wildman–Crippen LogP) is 1.37. The zero-order valence-electron chi connectivity index (χ0n) is 13.1. The van der Waals surface area contributed by atoms with E-state index in [0.717, 1.165) is 0 Å². The fourth-order valence-electron chi connectivity index (χ4n) is 2.16. The van der Waals surface area contributed by atoms with Crippen LogP contribution < -0.4 is 16.4 Å². The van der Waals surface area contributed by atoms with Crippen LogP contribution in [0.3, 0.4) is 0 Å². The number of aromatic amines is 1. The zero-order valence-corrected chi connectivity index (χ0v) is 13.1. The van der Waals surface area contributed by atoms with Crippen LogP contribution in [0.5, 0.6) is 0 Å². The van der Waals surface area contributed by atoms with Gasteiger partial charge >= 0.3 is 0 Å². The largest absolute Gasteiger partial charge is 0.382 e. The molecule has 0 bridgehead atoms. The molecule has 0 spiro atoms. The van der Waals surface area contributed by atoms with Crippen molar-refractivity contribution >= 4 is 29.0 Å². The fourth-order valence-corrected chi connectivity index (χ4v) is 2.16. The Kier molecular flexibility index (Phi) is 4.16. The number of rotatable bonds is 4. The Morgan fingerprint density at radius 2 is 1.92 bits per heavy atom. The first-order valence-corrected chi connectivity index (χ1v) is 7.15. The van der Waals surface area contributed by atoms with Gasteiger partial charge < -0.3 is 20.9 Å². The van der Waals surface area contributed by atoms with Gasteiger partial charge in [-0.2, -0.15) is 5.10 Å². The normalized spacial score (nSPS) is 10.5. The van der Waals surface area contributed by atoms with E-state index in [4.69, 9.17) is 5.73 Å². The maximum Gasteiger partial charge on any atom is 0.291 e. The molecule has 0 aliphatic carbocycles. The van der Waals surface area contributed by atoms with Crippen LogP contribution in [0, 0.1) is 5.82 Å². The van der Waals surface area contributed by atoms with E-state index in [1.807, 2.05) is 0 Å². The van der Waals surface area contributed by atoms with Crippen LogP contribution >= 0.6 is 0 Å². The maximum atomic E-state index is 12.9. The summed E-state index contributed by atoms with van der Waals surface area (Å²) in [6, 6.07) is 5.26. The SMILES string of the molecule is Cn1cc(N)nc1C(=O)Nc1c[nH]nc1C(=O)Nc1ccc(F)cc1. The highest BCUT2D eigenvalue weighted by Gasteiger charge is 2.20. The van der Waals surface area contributed by atoms with Crippen molar-refractivity contribution in [2.75, 3.05) is 16.4 Å². The number of nitrogens with one attached hydrogen (secondary N) is 3. The highest BCUT2D eigenvalue weighted by atomic mass is 19.1. The molecule has 10 heteroatoms. The molecule has 25 heavy (non-hydrogen) atoms. The third kappa shape index (κ3) is 3.47. The average Bonchev–Trinajstić information content (AvgIpc) is 3.15. The van der Waals surface area contributed by atoms with Gasteiger partial charge in [-0.1, -0.05) is 0 Å². The Labute approximate surface area is 141 Å². The lowest BCUT2D eigenvalue weighted by molar-refractivity contribution is 0.101.